The maximum absolute atomic E-state index is 12.3. The molecule has 1 rings (SSSR count). The molecule has 0 fully saturated rings. The molecule has 0 radical (unpaired) electrons. The smallest absolute Gasteiger partial charge is 0.416 e. The minimum Gasteiger partial charge on any atom is -0.750 e. The van der Waals surface area contributed by atoms with Gasteiger partial charge in [-0.1, -0.05) is 12.2 Å². The Labute approximate surface area is 81.4 Å². The van der Waals surface area contributed by atoms with Gasteiger partial charge in [-0.25, -0.2) is 4.21 Å². The SMILES string of the molecule is O=S([O-])OC(C1CC=CC1)C(F)(F)F. The van der Waals surface area contributed by atoms with Crippen LogP contribution in [0.5, 0.6) is 0 Å². The number of rotatable bonds is 3. The van der Waals surface area contributed by atoms with Crippen molar-refractivity contribution in [2.75, 3.05) is 0 Å². The first-order valence-electron chi connectivity index (χ1n) is 3.89. The minimum absolute atomic E-state index is 0.196. The zero-order chi connectivity index (χ0) is 10.8. The number of alkyl halides is 3. The van der Waals surface area contributed by atoms with Gasteiger partial charge in [0.2, 0.25) is 0 Å². The summed E-state index contributed by atoms with van der Waals surface area (Å²) in [4.78, 5) is 0. The zero-order valence-electron chi connectivity index (χ0n) is 6.99. The Morgan fingerprint density at radius 2 is 1.93 bits per heavy atom. The largest absolute Gasteiger partial charge is 0.750 e. The molecular weight excluding hydrogens is 221 g/mol. The molecule has 14 heavy (non-hydrogen) atoms. The van der Waals surface area contributed by atoms with Crippen molar-refractivity contribution in [3.63, 3.8) is 0 Å². The molecule has 1 aliphatic carbocycles. The fourth-order valence-corrected chi connectivity index (χ4v) is 1.81. The highest BCUT2D eigenvalue weighted by molar-refractivity contribution is 7.74. The van der Waals surface area contributed by atoms with Crippen molar-refractivity contribution in [2.24, 2.45) is 5.92 Å². The van der Waals surface area contributed by atoms with Gasteiger partial charge in [0, 0.05) is 5.92 Å². The third-order valence-electron chi connectivity index (χ3n) is 1.98. The Bertz CT molecular complexity index is 243. The second-order valence-corrected chi connectivity index (χ2v) is 3.57. The van der Waals surface area contributed by atoms with Crippen LogP contribution < -0.4 is 0 Å². The fraction of sp³-hybridized carbons (Fsp3) is 0.714. The Hall–Kier alpha value is -0.400. The van der Waals surface area contributed by atoms with Gasteiger partial charge in [0.1, 0.15) is 0 Å². The number of halogens is 3. The van der Waals surface area contributed by atoms with Crippen molar-refractivity contribution >= 4 is 11.4 Å². The first-order valence-corrected chi connectivity index (χ1v) is 4.89. The van der Waals surface area contributed by atoms with E-state index in [4.69, 9.17) is 0 Å². The lowest BCUT2D eigenvalue weighted by molar-refractivity contribution is -0.208. The van der Waals surface area contributed by atoms with Gasteiger partial charge in [-0.3, -0.25) is 4.18 Å². The molecule has 82 valence electrons. The van der Waals surface area contributed by atoms with Crippen LogP contribution in [-0.2, 0) is 15.5 Å². The van der Waals surface area contributed by atoms with E-state index in [1.54, 1.807) is 12.2 Å². The quantitative estimate of drug-likeness (QED) is 0.546. The molecule has 0 bridgehead atoms. The van der Waals surface area contributed by atoms with Gasteiger partial charge < -0.3 is 4.55 Å². The van der Waals surface area contributed by atoms with E-state index in [-0.39, 0.29) is 12.8 Å². The van der Waals surface area contributed by atoms with Crippen molar-refractivity contribution in [1.82, 2.24) is 0 Å². The van der Waals surface area contributed by atoms with E-state index in [1.165, 1.54) is 0 Å². The summed E-state index contributed by atoms with van der Waals surface area (Å²) >= 11 is -3.14. The van der Waals surface area contributed by atoms with E-state index in [0.717, 1.165) is 0 Å². The molecule has 2 atom stereocenters. The molecule has 0 aromatic carbocycles. The molecule has 0 aromatic heterocycles. The first-order chi connectivity index (χ1) is 6.41. The lowest BCUT2D eigenvalue weighted by atomic mass is 10.00. The minimum atomic E-state index is -4.64. The summed E-state index contributed by atoms with van der Waals surface area (Å²) in [6, 6.07) is 0. The van der Waals surface area contributed by atoms with Crippen molar-refractivity contribution in [3.05, 3.63) is 12.2 Å². The van der Waals surface area contributed by atoms with Gasteiger partial charge in [0.25, 0.3) is 0 Å². The molecule has 0 amide bonds. The highest BCUT2D eigenvalue weighted by atomic mass is 32.2. The Kier molecular flexibility index (Phi) is 3.68. The summed E-state index contributed by atoms with van der Waals surface area (Å²) in [6.45, 7) is 0. The molecule has 7 heteroatoms. The van der Waals surface area contributed by atoms with Gasteiger partial charge in [-0.15, -0.1) is 0 Å². The number of hydrogen-bond acceptors (Lipinski definition) is 3. The lowest BCUT2D eigenvalue weighted by Gasteiger charge is -2.26. The molecule has 0 N–H and O–H groups in total. The molecule has 0 heterocycles. The van der Waals surface area contributed by atoms with Crippen LogP contribution in [0.4, 0.5) is 13.2 Å². The highest BCUT2D eigenvalue weighted by Gasteiger charge is 2.46. The second kappa shape index (κ2) is 4.41. The predicted molar refractivity (Wildman–Crippen MR) is 41.7 cm³/mol. The van der Waals surface area contributed by atoms with E-state index >= 15 is 0 Å². The molecular formula is C7H8F3O3S-. The fourth-order valence-electron chi connectivity index (χ4n) is 1.37. The monoisotopic (exact) mass is 229 g/mol. The second-order valence-electron chi connectivity index (χ2n) is 2.97. The van der Waals surface area contributed by atoms with Gasteiger partial charge in [0.05, 0.1) is 11.4 Å². The number of allylic oxidation sites excluding steroid dienone is 2. The van der Waals surface area contributed by atoms with Gasteiger partial charge >= 0.3 is 6.18 Å². The summed E-state index contributed by atoms with van der Waals surface area (Å²) in [5.74, 6) is -0.826. The first kappa shape index (κ1) is 11.7. The van der Waals surface area contributed by atoms with E-state index in [9.17, 15) is 21.9 Å². The van der Waals surface area contributed by atoms with E-state index in [2.05, 4.69) is 4.18 Å². The summed E-state index contributed by atoms with van der Waals surface area (Å²) in [5, 5.41) is 0. The third kappa shape index (κ3) is 3.07. The summed E-state index contributed by atoms with van der Waals surface area (Å²) in [5.41, 5.74) is 0. The standard InChI is InChI=1S/C7H9F3O3S/c8-7(9,10)6(13-14(11)12)5-3-1-2-4-5/h1-2,5-6H,3-4H2,(H,11,12)/p-1. The zero-order valence-corrected chi connectivity index (χ0v) is 7.81. The van der Waals surface area contributed by atoms with Crippen molar-refractivity contribution in [3.8, 4) is 0 Å². The average Bonchev–Trinajstić information content (AvgIpc) is 2.49. The molecule has 0 aliphatic heterocycles. The summed E-state index contributed by atoms with van der Waals surface area (Å²) in [7, 11) is 0. The Balaban J connectivity index is 2.66. The van der Waals surface area contributed by atoms with Crippen LogP contribution in [-0.4, -0.2) is 21.0 Å². The van der Waals surface area contributed by atoms with E-state index in [0.29, 0.717) is 0 Å². The molecule has 0 saturated heterocycles. The topological polar surface area (TPSA) is 49.4 Å². The summed E-state index contributed by atoms with van der Waals surface area (Å²) < 4.78 is 60.9. The molecule has 0 saturated carbocycles. The van der Waals surface area contributed by atoms with Crippen LogP contribution in [0.25, 0.3) is 0 Å². The maximum atomic E-state index is 12.3. The predicted octanol–water partition coefficient (Wildman–Crippen LogP) is 1.69. The van der Waals surface area contributed by atoms with Crippen LogP contribution in [0.3, 0.4) is 0 Å². The van der Waals surface area contributed by atoms with Crippen LogP contribution in [0.15, 0.2) is 12.2 Å². The maximum Gasteiger partial charge on any atom is 0.416 e. The number of hydrogen-bond donors (Lipinski definition) is 0. The van der Waals surface area contributed by atoms with Crippen LogP contribution >= 0.6 is 0 Å². The van der Waals surface area contributed by atoms with E-state index in [1.807, 2.05) is 0 Å². The highest BCUT2D eigenvalue weighted by Crippen LogP contribution is 2.35. The van der Waals surface area contributed by atoms with Gasteiger partial charge in [-0.05, 0) is 12.8 Å². The molecule has 2 unspecified atom stereocenters. The molecule has 0 spiro atoms. The lowest BCUT2D eigenvalue weighted by Crippen LogP contribution is -2.38. The van der Waals surface area contributed by atoms with Crippen LogP contribution in [0.2, 0.25) is 0 Å². The van der Waals surface area contributed by atoms with Crippen molar-refractivity contribution in [1.29, 1.82) is 0 Å². The average molecular weight is 229 g/mol. The van der Waals surface area contributed by atoms with Crippen LogP contribution in [0.1, 0.15) is 12.8 Å². The summed E-state index contributed by atoms with van der Waals surface area (Å²) in [6.07, 6.45) is -3.31. The normalized spacial score (nSPS) is 22.6. The third-order valence-corrected chi connectivity index (χ3v) is 2.34. The molecule has 1 aliphatic rings. The Morgan fingerprint density at radius 3 is 2.29 bits per heavy atom. The van der Waals surface area contributed by atoms with Gasteiger partial charge in [-0.2, -0.15) is 13.2 Å². The van der Waals surface area contributed by atoms with Gasteiger partial charge in [0.15, 0.2) is 6.10 Å². The molecule has 0 aromatic rings. The van der Waals surface area contributed by atoms with Crippen molar-refractivity contribution in [2.45, 2.75) is 25.1 Å². The van der Waals surface area contributed by atoms with Crippen molar-refractivity contribution < 1.29 is 26.1 Å². The van der Waals surface area contributed by atoms with Crippen LogP contribution in [0, 0.1) is 5.92 Å². The van der Waals surface area contributed by atoms with E-state index < -0.39 is 29.6 Å². The molecule has 3 nitrogen and oxygen atoms in total. The Morgan fingerprint density at radius 1 is 1.43 bits per heavy atom.